The molecule has 0 radical (unpaired) electrons. The van der Waals surface area contributed by atoms with E-state index in [4.69, 9.17) is 4.74 Å². The molecule has 0 spiro atoms. The zero-order chi connectivity index (χ0) is 18.5. The van der Waals surface area contributed by atoms with Crippen LogP contribution < -0.4 is 15.1 Å². The first kappa shape index (κ1) is 18.5. The summed E-state index contributed by atoms with van der Waals surface area (Å²) in [5.74, 6) is 2.56. The fourth-order valence-corrected chi connectivity index (χ4v) is 3.28. The number of morpholine rings is 1. The van der Waals surface area contributed by atoms with Gasteiger partial charge in [0.1, 0.15) is 17.5 Å². The van der Waals surface area contributed by atoms with Crippen molar-refractivity contribution < 1.29 is 4.74 Å². The number of nitrogens with one attached hydrogen (secondary N) is 1. The quantitative estimate of drug-likeness (QED) is 0.856. The van der Waals surface area contributed by atoms with Crippen LogP contribution in [-0.4, -0.2) is 49.4 Å². The lowest BCUT2D eigenvalue weighted by atomic mass is 10.1. The summed E-state index contributed by atoms with van der Waals surface area (Å²) in [4.78, 5) is 13.8. The number of aromatic nitrogens is 2. The molecular weight excluding hydrogens is 326 g/mol. The Morgan fingerprint density at radius 2 is 1.81 bits per heavy atom. The van der Waals surface area contributed by atoms with E-state index in [2.05, 4.69) is 64.1 Å². The molecule has 3 rings (SSSR count). The van der Waals surface area contributed by atoms with E-state index >= 15 is 0 Å². The Kier molecular flexibility index (Phi) is 5.93. The fraction of sp³-hybridized carbons (Fsp3) is 0.500. The SMILES string of the molecule is CCN(CC)c1ccc(Nc2cc(N3CCOCC3)nc(C)n2)c(C)c1. The minimum absolute atomic E-state index is 0.748. The highest BCUT2D eigenvalue weighted by atomic mass is 16.5. The Bertz CT molecular complexity index is 739. The van der Waals surface area contributed by atoms with Crippen LogP contribution in [-0.2, 0) is 4.74 Å². The second kappa shape index (κ2) is 8.36. The third kappa shape index (κ3) is 4.25. The Morgan fingerprint density at radius 3 is 2.46 bits per heavy atom. The number of nitrogens with zero attached hydrogens (tertiary/aromatic N) is 4. The summed E-state index contributed by atoms with van der Waals surface area (Å²) in [6.07, 6.45) is 0. The summed E-state index contributed by atoms with van der Waals surface area (Å²) in [6, 6.07) is 8.55. The lowest BCUT2D eigenvalue weighted by Crippen LogP contribution is -2.36. The molecule has 1 aromatic carbocycles. The van der Waals surface area contributed by atoms with Gasteiger partial charge in [0, 0.05) is 43.6 Å². The van der Waals surface area contributed by atoms with Gasteiger partial charge in [0.05, 0.1) is 13.2 Å². The predicted octanol–water partition coefficient (Wildman–Crippen LogP) is 3.52. The van der Waals surface area contributed by atoms with Crippen molar-refractivity contribution in [3.05, 3.63) is 35.7 Å². The van der Waals surface area contributed by atoms with Gasteiger partial charge in [0.25, 0.3) is 0 Å². The molecule has 1 aromatic heterocycles. The van der Waals surface area contributed by atoms with Gasteiger partial charge in [-0.05, 0) is 51.5 Å². The van der Waals surface area contributed by atoms with E-state index < -0.39 is 0 Å². The average Bonchev–Trinajstić information content (AvgIpc) is 2.65. The molecule has 0 atom stereocenters. The van der Waals surface area contributed by atoms with Crippen LogP contribution in [0.2, 0.25) is 0 Å². The average molecular weight is 355 g/mol. The second-order valence-corrected chi connectivity index (χ2v) is 6.55. The molecule has 1 N–H and O–H groups in total. The highest BCUT2D eigenvalue weighted by Crippen LogP contribution is 2.26. The Morgan fingerprint density at radius 1 is 1.08 bits per heavy atom. The Hall–Kier alpha value is -2.34. The van der Waals surface area contributed by atoms with E-state index in [1.54, 1.807) is 0 Å². The Balaban J connectivity index is 1.81. The van der Waals surface area contributed by atoms with Crippen LogP contribution in [0.4, 0.5) is 23.0 Å². The van der Waals surface area contributed by atoms with Crippen molar-refractivity contribution in [2.75, 3.05) is 54.5 Å². The van der Waals surface area contributed by atoms with Crippen molar-refractivity contribution >= 4 is 23.0 Å². The number of hydrogen-bond acceptors (Lipinski definition) is 6. The molecule has 0 bridgehead atoms. The van der Waals surface area contributed by atoms with Crippen molar-refractivity contribution in [3.8, 4) is 0 Å². The van der Waals surface area contributed by atoms with Crippen LogP contribution in [0.5, 0.6) is 0 Å². The third-order valence-corrected chi connectivity index (χ3v) is 4.76. The molecule has 0 aliphatic carbocycles. The van der Waals surface area contributed by atoms with Gasteiger partial charge in [-0.1, -0.05) is 0 Å². The van der Waals surface area contributed by atoms with Gasteiger partial charge in [0.15, 0.2) is 0 Å². The monoisotopic (exact) mass is 355 g/mol. The van der Waals surface area contributed by atoms with Gasteiger partial charge in [0.2, 0.25) is 0 Å². The number of ether oxygens (including phenoxy) is 1. The molecule has 1 fully saturated rings. The Labute approximate surface area is 156 Å². The first-order valence-electron chi connectivity index (χ1n) is 9.41. The maximum atomic E-state index is 5.44. The van der Waals surface area contributed by atoms with E-state index in [1.807, 2.05) is 13.0 Å². The molecule has 1 saturated heterocycles. The summed E-state index contributed by atoms with van der Waals surface area (Å²) >= 11 is 0. The maximum Gasteiger partial charge on any atom is 0.136 e. The largest absolute Gasteiger partial charge is 0.378 e. The molecule has 0 saturated carbocycles. The van der Waals surface area contributed by atoms with Gasteiger partial charge < -0.3 is 19.9 Å². The molecule has 2 aromatic rings. The second-order valence-electron chi connectivity index (χ2n) is 6.55. The van der Waals surface area contributed by atoms with Gasteiger partial charge >= 0.3 is 0 Å². The van der Waals surface area contributed by atoms with Crippen LogP contribution in [0.3, 0.4) is 0 Å². The number of hydrogen-bond donors (Lipinski definition) is 1. The van der Waals surface area contributed by atoms with Gasteiger partial charge in [-0.15, -0.1) is 0 Å². The predicted molar refractivity (Wildman–Crippen MR) is 108 cm³/mol. The van der Waals surface area contributed by atoms with Crippen molar-refractivity contribution in [2.45, 2.75) is 27.7 Å². The van der Waals surface area contributed by atoms with Crippen LogP contribution in [0.1, 0.15) is 25.2 Å². The molecular formula is C20H29N5O. The number of rotatable bonds is 6. The normalized spacial score (nSPS) is 14.4. The van der Waals surface area contributed by atoms with Crippen LogP contribution >= 0.6 is 0 Å². The third-order valence-electron chi connectivity index (χ3n) is 4.76. The van der Waals surface area contributed by atoms with Crippen molar-refractivity contribution in [1.29, 1.82) is 0 Å². The van der Waals surface area contributed by atoms with Gasteiger partial charge in [-0.3, -0.25) is 0 Å². The molecule has 6 nitrogen and oxygen atoms in total. The molecule has 140 valence electrons. The molecule has 26 heavy (non-hydrogen) atoms. The van der Waals surface area contributed by atoms with E-state index in [-0.39, 0.29) is 0 Å². The smallest absolute Gasteiger partial charge is 0.136 e. The van der Waals surface area contributed by atoms with Crippen LogP contribution in [0.15, 0.2) is 24.3 Å². The molecule has 0 amide bonds. The number of aryl methyl sites for hydroxylation is 2. The molecule has 0 unspecified atom stereocenters. The zero-order valence-electron chi connectivity index (χ0n) is 16.2. The van der Waals surface area contributed by atoms with E-state index in [0.717, 1.165) is 62.5 Å². The highest BCUT2D eigenvalue weighted by molar-refractivity contribution is 5.66. The minimum atomic E-state index is 0.748. The van der Waals surface area contributed by atoms with Gasteiger partial charge in [-0.2, -0.15) is 0 Å². The first-order chi connectivity index (χ1) is 12.6. The lowest BCUT2D eigenvalue weighted by molar-refractivity contribution is 0.122. The summed E-state index contributed by atoms with van der Waals surface area (Å²) in [5, 5.41) is 3.47. The maximum absolute atomic E-state index is 5.44. The summed E-state index contributed by atoms with van der Waals surface area (Å²) in [6.45, 7) is 13.7. The fourth-order valence-electron chi connectivity index (χ4n) is 3.28. The molecule has 1 aliphatic rings. The lowest BCUT2D eigenvalue weighted by Gasteiger charge is -2.28. The molecule has 2 heterocycles. The topological polar surface area (TPSA) is 53.5 Å². The zero-order valence-corrected chi connectivity index (χ0v) is 16.2. The van der Waals surface area contributed by atoms with Crippen molar-refractivity contribution in [1.82, 2.24) is 9.97 Å². The summed E-state index contributed by atoms with van der Waals surface area (Å²) in [5.41, 5.74) is 3.54. The number of anilines is 4. The standard InChI is InChI=1S/C20H29N5O/c1-5-24(6-2)17-7-8-18(15(3)13-17)23-19-14-20(22-16(4)21-19)25-9-11-26-12-10-25/h7-8,13-14H,5-6,9-12H2,1-4H3,(H,21,22,23). The van der Waals surface area contributed by atoms with Crippen LogP contribution in [0, 0.1) is 13.8 Å². The molecule has 6 heteroatoms. The van der Waals surface area contributed by atoms with Crippen molar-refractivity contribution in [3.63, 3.8) is 0 Å². The van der Waals surface area contributed by atoms with Gasteiger partial charge in [-0.25, -0.2) is 9.97 Å². The van der Waals surface area contributed by atoms with E-state index in [9.17, 15) is 0 Å². The minimum Gasteiger partial charge on any atom is -0.378 e. The van der Waals surface area contributed by atoms with Crippen molar-refractivity contribution in [2.24, 2.45) is 0 Å². The summed E-state index contributed by atoms with van der Waals surface area (Å²) < 4.78 is 5.44. The highest BCUT2D eigenvalue weighted by Gasteiger charge is 2.14. The van der Waals surface area contributed by atoms with Crippen LogP contribution in [0.25, 0.3) is 0 Å². The molecule has 1 aliphatic heterocycles. The summed E-state index contributed by atoms with van der Waals surface area (Å²) in [7, 11) is 0. The van der Waals surface area contributed by atoms with E-state index in [1.165, 1.54) is 11.3 Å². The number of benzene rings is 1. The first-order valence-corrected chi connectivity index (χ1v) is 9.41. The van der Waals surface area contributed by atoms with E-state index in [0.29, 0.717) is 0 Å².